The molecule has 134 valence electrons. The standard InChI is InChI=1S/C20H29N5/c1-16-12-14-24(15-13-16)19(17-8-4-2-5-9-17)20-21-22-23-25(20)18-10-6-3-7-11-18/h2,4-5,8-9,16,18-19H,3,6-7,10-15H2,1H3/t19-/m1/s1. The van der Waals surface area contributed by atoms with E-state index in [9.17, 15) is 0 Å². The van der Waals surface area contributed by atoms with Crippen LogP contribution in [-0.4, -0.2) is 38.2 Å². The van der Waals surface area contributed by atoms with E-state index in [1.807, 2.05) is 0 Å². The smallest absolute Gasteiger partial charge is 0.173 e. The van der Waals surface area contributed by atoms with Gasteiger partial charge in [-0.25, -0.2) is 4.68 Å². The van der Waals surface area contributed by atoms with E-state index >= 15 is 0 Å². The van der Waals surface area contributed by atoms with E-state index in [1.165, 1.54) is 50.5 Å². The number of likely N-dealkylation sites (tertiary alicyclic amines) is 1. The second-order valence-electron chi connectivity index (χ2n) is 7.81. The molecule has 0 amide bonds. The third-order valence-corrected chi connectivity index (χ3v) is 5.98. The van der Waals surface area contributed by atoms with Gasteiger partial charge in [0.2, 0.25) is 0 Å². The Kier molecular flexibility index (Phi) is 5.11. The van der Waals surface area contributed by atoms with Crippen LogP contribution in [-0.2, 0) is 0 Å². The Hall–Kier alpha value is -1.75. The van der Waals surface area contributed by atoms with E-state index in [0.717, 1.165) is 24.8 Å². The lowest BCUT2D eigenvalue weighted by molar-refractivity contribution is 0.146. The van der Waals surface area contributed by atoms with Gasteiger partial charge in [-0.3, -0.25) is 4.90 Å². The predicted molar refractivity (Wildman–Crippen MR) is 98.2 cm³/mol. The molecule has 0 unspecified atom stereocenters. The molecule has 1 atom stereocenters. The number of tetrazole rings is 1. The molecule has 0 N–H and O–H groups in total. The second-order valence-corrected chi connectivity index (χ2v) is 7.81. The molecular weight excluding hydrogens is 310 g/mol. The molecule has 0 spiro atoms. The largest absolute Gasteiger partial charge is 0.290 e. The summed E-state index contributed by atoms with van der Waals surface area (Å²) in [5, 5.41) is 13.0. The lowest BCUT2D eigenvalue weighted by Gasteiger charge is -2.37. The summed E-state index contributed by atoms with van der Waals surface area (Å²) >= 11 is 0. The molecule has 1 aliphatic heterocycles. The van der Waals surface area contributed by atoms with Gasteiger partial charge in [0, 0.05) is 0 Å². The van der Waals surface area contributed by atoms with E-state index in [0.29, 0.717) is 6.04 Å². The monoisotopic (exact) mass is 339 g/mol. The lowest BCUT2D eigenvalue weighted by atomic mass is 9.93. The highest BCUT2D eigenvalue weighted by molar-refractivity contribution is 5.25. The summed E-state index contributed by atoms with van der Waals surface area (Å²) in [6, 6.07) is 11.4. The molecule has 0 radical (unpaired) electrons. The molecule has 2 fully saturated rings. The molecule has 2 aliphatic rings. The summed E-state index contributed by atoms with van der Waals surface area (Å²) in [7, 11) is 0. The highest BCUT2D eigenvalue weighted by atomic mass is 15.6. The van der Waals surface area contributed by atoms with Crippen molar-refractivity contribution in [1.82, 2.24) is 25.1 Å². The minimum Gasteiger partial charge on any atom is -0.290 e. The van der Waals surface area contributed by atoms with Crippen molar-refractivity contribution in [3.63, 3.8) is 0 Å². The van der Waals surface area contributed by atoms with E-state index in [-0.39, 0.29) is 6.04 Å². The van der Waals surface area contributed by atoms with Crippen LogP contribution in [0.2, 0.25) is 0 Å². The highest BCUT2D eigenvalue weighted by Gasteiger charge is 2.32. The molecule has 1 saturated heterocycles. The Morgan fingerprint density at radius 1 is 0.960 bits per heavy atom. The van der Waals surface area contributed by atoms with Gasteiger partial charge in [0.25, 0.3) is 0 Å². The first-order chi connectivity index (χ1) is 12.3. The Labute approximate surface area is 150 Å². The summed E-state index contributed by atoms with van der Waals surface area (Å²) in [4.78, 5) is 2.58. The Morgan fingerprint density at radius 3 is 2.40 bits per heavy atom. The average molecular weight is 339 g/mol. The number of rotatable bonds is 4. The molecule has 1 aromatic heterocycles. The minimum atomic E-state index is 0.172. The zero-order valence-corrected chi connectivity index (χ0v) is 15.2. The van der Waals surface area contributed by atoms with E-state index in [1.54, 1.807) is 0 Å². The van der Waals surface area contributed by atoms with Crippen LogP contribution in [0.4, 0.5) is 0 Å². The predicted octanol–water partition coefficient (Wildman–Crippen LogP) is 4.00. The first-order valence-electron chi connectivity index (χ1n) is 9.89. The topological polar surface area (TPSA) is 46.8 Å². The molecule has 1 saturated carbocycles. The van der Waals surface area contributed by atoms with Gasteiger partial charge in [0.05, 0.1) is 12.1 Å². The molecule has 1 aliphatic carbocycles. The fourth-order valence-corrected chi connectivity index (χ4v) is 4.41. The van der Waals surface area contributed by atoms with Crippen LogP contribution in [0.15, 0.2) is 30.3 Å². The fourth-order valence-electron chi connectivity index (χ4n) is 4.41. The highest BCUT2D eigenvalue weighted by Crippen LogP contribution is 2.34. The van der Waals surface area contributed by atoms with E-state index < -0.39 is 0 Å². The van der Waals surface area contributed by atoms with E-state index in [4.69, 9.17) is 0 Å². The summed E-state index contributed by atoms with van der Waals surface area (Å²) in [6.45, 7) is 4.61. The molecule has 25 heavy (non-hydrogen) atoms. The summed E-state index contributed by atoms with van der Waals surface area (Å²) < 4.78 is 2.15. The maximum Gasteiger partial charge on any atom is 0.173 e. The van der Waals surface area contributed by atoms with Crippen molar-refractivity contribution in [1.29, 1.82) is 0 Å². The van der Waals surface area contributed by atoms with Crippen molar-refractivity contribution in [2.45, 2.75) is 64.0 Å². The van der Waals surface area contributed by atoms with Crippen LogP contribution in [0.1, 0.15) is 75.3 Å². The SMILES string of the molecule is CC1CCN([C@H](c2ccccc2)c2nnnn2C2CCCCC2)CC1. The summed E-state index contributed by atoms with van der Waals surface area (Å²) in [5.74, 6) is 1.86. The van der Waals surface area contributed by atoms with Crippen molar-refractivity contribution in [2.75, 3.05) is 13.1 Å². The molecule has 5 heteroatoms. The Bertz CT molecular complexity index is 654. The second kappa shape index (κ2) is 7.65. The van der Waals surface area contributed by atoms with Gasteiger partial charge < -0.3 is 0 Å². The van der Waals surface area contributed by atoms with Gasteiger partial charge in [-0.05, 0) is 60.7 Å². The van der Waals surface area contributed by atoms with Gasteiger partial charge in [0.1, 0.15) is 0 Å². The molecule has 2 heterocycles. The normalized spacial score (nSPS) is 22.1. The Morgan fingerprint density at radius 2 is 1.68 bits per heavy atom. The van der Waals surface area contributed by atoms with Crippen molar-refractivity contribution < 1.29 is 0 Å². The first kappa shape index (κ1) is 16.7. The van der Waals surface area contributed by atoms with Crippen molar-refractivity contribution >= 4 is 0 Å². The van der Waals surface area contributed by atoms with Crippen molar-refractivity contribution in [2.24, 2.45) is 5.92 Å². The number of hydrogen-bond donors (Lipinski definition) is 0. The fraction of sp³-hybridized carbons (Fsp3) is 0.650. The number of aromatic nitrogens is 4. The average Bonchev–Trinajstić information content (AvgIpc) is 3.14. The van der Waals surface area contributed by atoms with Crippen LogP contribution in [0, 0.1) is 5.92 Å². The van der Waals surface area contributed by atoms with Crippen LogP contribution in [0.5, 0.6) is 0 Å². The number of piperidine rings is 1. The number of nitrogens with zero attached hydrogens (tertiary/aromatic N) is 5. The van der Waals surface area contributed by atoms with Crippen molar-refractivity contribution in [3.05, 3.63) is 41.7 Å². The van der Waals surface area contributed by atoms with Crippen LogP contribution in [0.25, 0.3) is 0 Å². The zero-order chi connectivity index (χ0) is 17.1. The molecule has 2 aromatic rings. The number of hydrogen-bond acceptors (Lipinski definition) is 4. The van der Waals surface area contributed by atoms with Gasteiger partial charge in [-0.15, -0.1) is 5.10 Å². The Balaban J connectivity index is 1.68. The molecule has 5 nitrogen and oxygen atoms in total. The maximum absolute atomic E-state index is 4.52. The third kappa shape index (κ3) is 3.61. The van der Waals surface area contributed by atoms with Crippen LogP contribution < -0.4 is 0 Å². The van der Waals surface area contributed by atoms with Gasteiger partial charge in [-0.1, -0.05) is 56.5 Å². The lowest BCUT2D eigenvalue weighted by Crippen LogP contribution is -2.38. The molecule has 0 bridgehead atoms. The summed E-state index contributed by atoms with van der Waals surface area (Å²) in [5.41, 5.74) is 1.31. The van der Waals surface area contributed by atoms with Gasteiger partial charge in [-0.2, -0.15) is 0 Å². The third-order valence-electron chi connectivity index (χ3n) is 5.98. The number of benzene rings is 1. The molecule has 1 aromatic carbocycles. The molecule has 4 rings (SSSR count). The quantitative estimate of drug-likeness (QED) is 0.845. The molecular formula is C20H29N5. The van der Waals surface area contributed by atoms with Crippen LogP contribution in [0.3, 0.4) is 0 Å². The van der Waals surface area contributed by atoms with Crippen molar-refractivity contribution in [3.8, 4) is 0 Å². The first-order valence-corrected chi connectivity index (χ1v) is 9.89. The summed E-state index contributed by atoms with van der Waals surface area (Å²) in [6.07, 6.45) is 8.86. The minimum absolute atomic E-state index is 0.172. The van der Waals surface area contributed by atoms with Gasteiger partial charge >= 0.3 is 0 Å². The van der Waals surface area contributed by atoms with Gasteiger partial charge in [0.15, 0.2) is 5.82 Å². The van der Waals surface area contributed by atoms with Crippen LogP contribution >= 0.6 is 0 Å². The maximum atomic E-state index is 4.52. The van der Waals surface area contributed by atoms with E-state index in [2.05, 4.69) is 62.4 Å². The zero-order valence-electron chi connectivity index (χ0n) is 15.2.